The topological polar surface area (TPSA) is 118 Å². The van der Waals surface area contributed by atoms with Crippen molar-refractivity contribution in [2.24, 2.45) is 7.05 Å². The van der Waals surface area contributed by atoms with Gasteiger partial charge in [-0.3, -0.25) is 14.2 Å². The third-order valence-corrected chi connectivity index (χ3v) is 7.46. The first-order valence-electron chi connectivity index (χ1n) is 13.6. The standard InChI is InChI=1S/C31H27F2N7O3/c1-5-31(32,33)23-15-39(3)27(37-23)20-8-6-18(7-9-20)14-40-28-21(12-22(17(2)41)30(40)42)13-34-26(38-28)24-25(19-10-11-19)35-16-36-29(24)43-4/h5-9,12-13,15-16,19H,1,10-11,14H2,2-4H3. The van der Waals surface area contributed by atoms with Gasteiger partial charge in [0.25, 0.3) is 5.56 Å². The number of methoxy groups -OCH3 is 1. The molecule has 4 heterocycles. The normalized spacial score (nSPS) is 13.3. The van der Waals surface area contributed by atoms with E-state index in [1.54, 1.807) is 37.5 Å². The van der Waals surface area contributed by atoms with E-state index in [-0.39, 0.29) is 23.8 Å². The number of alkyl halides is 2. The summed E-state index contributed by atoms with van der Waals surface area (Å²) in [4.78, 5) is 48.1. The number of aromatic nitrogens is 7. The predicted octanol–water partition coefficient (Wildman–Crippen LogP) is 5.06. The third kappa shape index (κ3) is 5.09. The van der Waals surface area contributed by atoms with Gasteiger partial charge in [0.15, 0.2) is 11.6 Å². The van der Waals surface area contributed by atoms with Gasteiger partial charge in [-0.05, 0) is 37.5 Å². The zero-order chi connectivity index (χ0) is 30.5. The summed E-state index contributed by atoms with van der Waals surface area (Å²) in [6.07, 6.45) is 6.82. The number of ether oxygens (including phenoxy) is 1. The molecule has 4 aromatic heterocycles. The molecule has 0 atom stereocenters. The summed E-state index contributed by atoms with van der Waals surface area (Å²) in [6.45, 7) is 4.62. The Balaban J connectivity index is 1.43. The summed E-state index contributed by atoms with van der Waals surface area (Å²) in [7, 11) is 3.15. The lowest BCUT2D eigenvalue weighted by Gasteiger charge is -2.14. The van der Waals surface area contributed by atoms with E-state index in [0.29, 0.717) is 45.8 Å². The van der Waals surface area contributed by atoms with Crippen molar-refractivity contribution in [3.05, 3.63) is 94.6 Å². The highest BCUT2D eigenvalue weighted by molar-refractivity contribution is 5.96. The average Bonchev–Trinajstić information content (AvgIpc) is 3.78. The number of halogens is 2. The summed E-state index contributed by atoms with van der Waals surface area (Å²) in [5.74, 6) is -2.37. The number of nitrogens with zero attached hydrogens (tertiary/aromatic N) is 7. The van der Waals surface area contributed by atoms with E-state index in [0.717, 1.165) is 24.1 Å². The molecule has 12 heteroatoms. The van der Waals surface area contributed by atoms with E-state index in [1.807, 2.05) is 0 Å². The van der Waals surface area contributed by atoms with Gasteiger partial charge in [-0.25, -0.2) is 24.9 Å². The van der Waals surface area contributed by atoms with Crippen molar-refractivity contribution in [1.82, 2.24) is 34.1 Å². The highest BCUT2D eigenvalue weighted by Crippen LogP contribution is 2.44. The van der Waals surface area contributed by atoms with Gasteiger partial charge >= 0.3 is 5.92 Å². The number of carbonyl (C=O) groups is 1. The lowest BCUT2D eigenvalue weighted by Crippen LogP contribution is -2.27. The Kier molecular flexibility index (Phi) is 6.91. The molecular formula is C31H27F2N7O3. The van der Waals surface area contributed by atoms with Crippen molar-refractivity contribution in [1.29, 1.82) is 0 Å². The quantitative estimate of drug-likeness (QED) is 0.175. The number of hydrogen-bond acceptors (Lipinski definition) is 8. The second-order valence-corrected chi connectivity index (χ2v) is 10.5. The van der Waals surface area contributed by atoms with E-state index in [2.05, 4.69) is 26.5 Å². The first-order valence-corrected chi connectivity index (χ1v) is 13.6. The Morgan fingerprint density at radius 1 is 1.16 bits per heavy atom. The van der Waals surface area contributed by atoms with Crippen LogP contribution in [0, 0.1) is 0 Å². The van der Waals surface area contributed by atoms with Gasteiger partial charge < -0.3 is 9.30 Å². The highest BCUT2D eigenvalue weighted by atomic mass is 19.3. The van der Waals surface area contributed by atoms with Crippen molar-refractivity contribution in [3.8, 4) is 28.7 Å². The molecule has 1 aliphatic rings. The van der Waals surface area contributed by atoms with Crippen LogP contribution in [0.4, 0.5) is 8.78 Å². The van der Waals surface area contributed by atoms with Gasteiger partial charge in [0.2, 0.25) is 5.88 Å². The maximum Gasteiger partial charge on any atom is 0.309 e. The summed E-state index contributed by atoms with van der Waals surface area (Å²) in [6, 6.07) is 8.53. The molecule has 218 valence electrons. The molecule has 1 fully saturated rings. The van der Waals surface area contributed by atoms with Gasteiger partial charge in [0.05, 0.1) is 24.9 Å². The van der Waals surface area contributed by atoms with Crippen LogP contribution in [0.25, 0.3) is 33.8 Å². The van der Waals surface area contributed by atoms with Crippen LogP contribution in [0.1, 0.15) is 53.0 Å². The first kappa shape index (κ1) is 28.0. The Labute approximate surface area is 244 Å². The minimum atomic E-state index is -3.25. The van der Waals surface area contributed by atoms with Crippen molar-refractivity contribution < 1.29 is 18.3 Å². The molecule has 0 N–H and O–H groups in total. The van der Waals surface area contributed by atoms with Crippen LogP contribution in [-0.2, 0) is 19.5 Å². The second kappa shape index (κ2) is 10.6. The molecule has 0 aliphatic heterocycles. The van der Waals surface area contributed by atoms with E-state index in [9.17, 15) is 18.4 Å². The Hall–Kier alpha value is -5.13. The molecule has 10 nitrogen and oxygen atoms in total. The van der Waals surface area contributed by atoms with Crippen LogP contribution in [-0.4, -0.2) is 46.9 Å². The smallest absolute Gasteiger partial charge is 0.309 e. The molecule has 1 aliphatic carbocycles. The number of benzene rings is 1. The summed E-state index contributed by atoms with van der Waals surface area (Å²) >= 11 is 0. The van der Waals surface area contributed by atoms with Crippen LogP contribution in [0.5, 0.6) is 5.88 Å². The molecule has 0 bridgehead atoms. The number of pyridine rings is 1. The average molecular weight is 584 g/mol. The van der Waals surface area contributed by atoms with Crippen LogP contribution in [0.2, 0.25) is 0 Å². The molecule has 1 aromatic carbocycles. The van der Waals surface area contributed by atoms with Gasteiger partial charge in [0, 0.05) is 36.3 Å². The number of rotatable bonds is 9. The van der Waals surface area contributed by atoms with Crippen molar-refractivity contribution in [3.63, 3.8) is 0 Å². The number of ketones is 1. The van der Waals surface area contributed by atoms with Gasteiger partial charge in [-0.1, -0.05) is 30.8 Å². The number of carbonyl (C=O) groups excluding carboxylic acids is 1. The van der Waals surface area contributed by atoms with E-state index >= 15 is 0 Å². The monoisotopic (exact) mass is 583 g/mol. The van der Waals surface area contributed by atoms with E-state index < -0.39 is 17.2 Å². The maximum atomic E-state index is 14.1. The molecule has 0 unspecified atom stereocenters. The molecule has 1 saturated carbocycles. The first-order chi connectivity index (χ1) is 20.6. The number of imidazole rings is 1. The molecule has 0 saturated heterocycles. The molecule has 43 heavy (non-hydrogen) atoms. The summed E-state index contributed by atoms with van der Waals surface area (Å²) in [5.41, 5.74) is 2.15. The maximum absolute atomic E-state index is 14.1. The lowest BCUT2D eigenvalue weighted by molar-refractivity contribution is 0.0480. The highest BCUT2D eigenvalue weighted by Gasteiger charge is 2.32. The molecule has 0 radical (unpaired) electrons. The molecule has 6 rings (SSSR count). The second-order valence-electron chi connectivity index (χ2n) is 10.5. The number of fused-ring (bicyclic) bond motifs is 1. The van der Waals surface area contributed by atoms with Gasteiger partial charge in [0.1, 0.15) is 29.1 Å². The minimum absolute atomic E-state index is 0.0171. The van der Waals surface area contributed by atoms with E-state index in [1.165, 1.54) is 41.8 Å². The fraction of sp³-hybridized carbons (Fsp3) is 0.258. The van der Waals surface area contributed by atoms with Crippen molar-refractivity contribution in [2.45, 2.75) is 38.2 Å². The molecule has 5 aromatic rings. The van der Waals surface area contributed by atoms with Gasteiger partial charge in [-0.15, -0.1) is 0 Å². The van der Waals surface area contributed by atoms with Gasteiger partial charge in [-0.2, -0.15) is 8.78 Å². The number of Topliss-reactive ketones (excluding diaryl/α,β-unsaturated/α-hetero) is 1. The summed E-state index contributed by atoms with van der Waals surface area (Å²) < 4.78 is 36.7. The third-order valence-electron chi connectivity index (χ3n) is 7.46. The van der Waals surface area contributed by atoms with Crippen molar-refractivity contribution in [2.75, 3.05) is 7.11 Å². The summed E-state index contributed by atoms with van der Waals surface area (Å²) in [5, 5.41) is 0.512. The minimum Gasteiger partial charge on any atom is -0.480 e. The van der Waals surface area contributed by atoms with E-state index in [4.69, 9.17) is 9.72 Å². The fourth-order valence-corrected chi connectivity index (χ4v) is 5.03. The Morgan fingerprint density at radius 2 is 1.91 bits per heavy atom. The molecule has 0 amide bonds. The van der Waals surface area contributed by atoms with Crippen LogP contribution >= 0.6 is 0 Å². The van der Waals surface area contributed by atoms with Crippen LogP contribution in [0.3, 0.4) is 0 Å². The van der Waals surface area contributed by atoms with Crippen LogP contribution in [0.15, 0.2) is 66.5 Å². The zero-order valence-electron chi connectivity index (χ0n) is 23.7. The number of aryl methyl sites for hydroxylation is 1. The molecular weight excluding hydrogens is 556 g/mol. The Bertz CT molecular complexity index is 1960. The lowest BCUT2D eigenvalue weighted by atomic mass is 10.1. The van der Waals surface area contributed by atoms with Crippen molar-refractivity contribution >= 4 is 16.8 Å². The SMILES string of the molecule is C=CC(F)(F)c1cn(C)c(-c2ccc(Cn3c(=O)c(C(C)=O)cc4cnc(-c5c(OC)ncnc5C5CC5)nc43)cc2)n1. The largest absolute Gasteiger partial charge is 0.480 e. The number of allylic oxidation sites excluding steroid dienone is 1. The van der Waals surface area contributed by atoms with Crippen LogP contribution < -0.4 is 10.3 Å². The number of hydrogen-bond donors (Lipinski definition) is 0. The predicted molar refractivity (Wildman–Crippen MR) is 155 cm³/mol. The Morgan fingerprint density at radius 3 is 2.56 bits per heavy atom. The molecule has 0 spiro atoms. The fourth-order valence-electron chi connectivity index (χ4n) is 5.03. The zero-order valence-corrected chi connectivity index (χ0v) is 23.7.